The van der Waals surface area contributed by atoms with Crippen LogP contribution in [-0.2, 0) is 11.2 Å². The topological polar surface area (TPSA) is 33.0 Å². The van der Waals surface area contributed by atoms with E-state index in [1.54, 1.807) is 0 Å². The van der Waals surface area contributed by atoms with Crippen LogP contribution in [0.2, 0.25) is 0 Å². The summed E-state index contributed by atoms with van der Waals surface area (Å²) in [4.78, 5) is 0. The van der Waals surface area contributed by atoms with Crippen molar-refractivity contribution in [3.63, 3.8) is 0 Å². The molecule has 0 atom stereocenters. The fourth-order valence-corrected chi connectivity index (χ4v) is 1.36. The smallest absolute Gasteiger partial charge is 0.0994 e. The lowest BCUT2D eigenvalue weighted by Crippen LogP contribution is -1.97. The minimum atomic E-state index is 0.764. The Morgan fingerprint density at radius 2 is 2.14 bits per heavy atom. The molecule has 0 aliphatic heterocycles. The number of nitriles is 1. The maximum Gasteiger partial charge on any atom is 0.0994 e. The maximum absolute atomic E-state index is 8.84. The van der Waals surface area contributed by atoms with Gasteiger partial charge in [-0.15, -0.1) is 0 Å². The lowest BCUT2D eigenvalue weighted by molar-refractivity contribution is 0.145. The van der Waals surface area contributed by atoms with Gasteiger partial charge in [-0.2, -0.15) is 5.26 Å². The normalized spacial score (nSPS) is 9.71. The molecule has 14 heavy (non-hydrogen) atoms. The van der Waals surface area contributed by atoms with E-state index in [4.69, 9.17) is 10.00 Å². The van der Waals surface area contributed by atoms with E-state index >= 15 is 0 Å². The number of nitrogens with zero attached hydrogens (tertiary/aromatic N) is 1. The first-order valence-corrected chi connectivity index (χ1v) is 4.94. The molecule has 0 fully saturated rings. The van der Waals surface area contributed by atoms with Crippen LogP contribution in [0.1, 0.15) is 24.5 Å². The molecule has 0 saturated carbocycles. The molecule has 2 nitrogen and oxygen atoms in total. The largest absolute Gasteiger partial charge is 0.382 e. The monoisotopic (exact) mass is 189 g/mol. The highest BCUT2D eigenvalue weighted by Crippen LogP contribution is 2.09. The van der Waals surface area contributed by atoms with Gasteiger partial charge in [-0.05, 0) is 31.4 Å². The Morgan fingerprint density at radius 1 is 1.36 bits per heavy atom. The Morgan fingerprint density at radius 3 is 2.86 bits per heavy atom. The predicted octanol–water partition coefficient (Wildman–Crippen LogP) is 2.53. The summed E-state index contributed by atoms with van der Waals surface area (Å²) in [6.45, 7) is 3.53. The molecule has 0 radical (unpaired) electrons. The number of ether oxygens (including phenoxy) is 1. The molecule has 0 aromatic heterocycles. The van der Waals surface area contributed by atoms with Crippen LogP contribution in [0.3, 0.4) is 0 Å². The standard InChI is InChI=1S/C12H15NO/c1-2-14-9-5-8-11-6-3-4-7-12(11)10-13/h3-4,6-7H,2,5,8-9H2,1H3. The Balaban J connectivity index is 2.46. The molecule has 1 aromatic rings. The Kier molecular flexibility index (Phi) is 4.74. The van der Waals surface area contributed by atoms with Crippen LogP contribution >= 0.6 is 0 Å². The third-order valence-corrected chi connectivity index (χ3v) is 2.08. The Bertz CT molecular complexity index is 314. The van der Waals surface area contributed by atoms with Crippen molar-refractivity contribution in [1.29, 1.82) is 5.26 Å². The number of benzene rings is 1. The molecule has 0 bridgehead atoms. The Labute approximate surface area is 85.1 Å². The third kappa shape index (κ3) is 3.20. The van der Waals surface area contributed by atoms with Crippen LogP contribution in [-0.4, -0.2) is 13.2 Å². The summed E-state index contributed by atoms with van der Waals surface area (Å²) in [5.74, 6) is 0. The highest BCUT2D eigenvalue weighted by molar-refractivity contribution is 5.37. The number of hydrogen-bond acceptors (Lipinski definition) is 2. The van der Waals surface area contributed by atoms with Crippen molar-refractivity contribution in [2.24, 2.45) is 0 Å². The van der Waals surface area contributed by atoms with Gasteiger partial charge in [0.15, 0.2) is 0 Å². The van der Waals surface area contributed by atoms with Gasteiger partial charge in [-0.3, -0.25) is 0 Å². The van der Waals surface area contributed by atoms with Crippen molar-refractivity contribution in [2.75, 3.05) is 13.2 Å². The van der Waals surface area contributed by atoms with E-state index in [9.17, 15) is 0 Å². The molecule has 0 amide bonds. The highest BCUT2D eigenvalue weighted by Gasteiger charge is 1.99. The van der Waals surface area contributed by atoms with Crippen molar-refractivity contribution in [3.05, 3.63) is 35.4 Å². The van der Waals surface area contributed by atoms with Gasteiger partial charge in [-0.25, -0.2) is 0 Å². The molecule has 0 heterocycles. The van der Waals surface area contributed by atoms with Crippen molar-refractivity contribution < 1.29 is 4.74 Å². The van der Waals surface area contributed by atoms with Gasteiger partial charge in [0.2, 0.25) is 0 Å². The molecule has 0 N–H and O–H groups in total. The average Bonchev–Trinajstić information content (AvgIpc) is 2.25. The summed E-state index contributed by atoms with van der Waals surface area (Å²) >= 11 is 0. The fraction of sp³-hybridized carbons (Fsp3) is 0.417. The lowest BCUT2D eigenvalue weighted by atomic mass is 10.0. The molecular formula is C12H15NO. The summed E-state index contributed by atoms with van der Waals surface area (Å²) in [5, 5.41) is 8.84. The zero-order valence-electron chi connectivity index (χ0n) is 8.49. The molecule has 2 heteroatoms. The summed E-state index contributed by atoms with van der Waals surface area (Å²) < 4.78 is 5.25. The molecular weight excluding hydrogens is 174 g/mol. The van der Waals surface area contributed by atoms with Gasteiger partial charge in [-0.1, -0.05) is 18.2 Å². The van der Waals surface area contributed by atoms with Crippen LogP contribution in [0, 0.1) is 11.3 Å². The van der Waals surface area contributed by atoms with Crippen molar-refractivity contribution in [2.45, 2.75) is 19.8 Å². The summed E-state index contributed by atoms with van der Waals surface area (Å²) in [5.41, 5.74) is 1.90. The number of hydrogen-bond donors (Lipinski definition) is 0. The van der Waals surface area contributed by atoms with Gasteiger partial charge in [0, 0.05) is 13.2 Å². The molecule has 1 aromatic carbocycles. The first-order chi connectivity index (χ1) is 6.88. The minimum absolute atomic E-state index is 0.764. The van der Waals surface area contributed by atoms with Crippen molar-refractivity contribution in [1.82, 2.24) is 0 Å². The predicted molar refractivity (Wildman–Crippen MR) is 56.0 cm³/mol. The highest BCUT2D eigenvalue weighted by atomic mass is 16.5. The van der Waals surface area contributed by atoms with Crippen LogP contribution in [0.15, 0.2) is 24.3 Å². The van der Waals surface area contributed by atoms with Gasteiger partial charge in [0.25, 0.3) is 0 Å². The van der Waals surface area contributed by atoms with E-state index in [2.05, 4.69) is 6.07 Å². The second-order valence-corrected chi connectivity index (χ2v) is 3.07. The molecule has 0 aliphatic rings. The van der Waals surface area contributed by atoms with E-state index in [0.717, 1.165) is 37.2 Å². The van der Waals surface area contributed by atoms with Crippen LogP contribution in [0.5, 0.6) is 0 Å². The molecule has 0 unspecified atom stereocenters. The molecule has 0 aliphatic carbocycles. The maximum atomic E-state index is 8.84. The van der Waals surface area contributed by atoms with Crippen LogP contribution in [0.25, 0.3) is 0 Å². The van der Waals surface area contributed by atoms with Gasteiger partial charge >= 0.3 is 0 Å². The SMILES string of the molecule is CCOCCCc1ccccc1C#N. The van der Waals surface area contributed by atoms with E-state index in [1.807, 2.05) is 31.2 Å². The molecule has 0 saturated heterocycles. The number of aryl methyl sites for hydroxylation is 1. The Hall–Kier alpha value is -1.33. The zero-order chi connectivity index (χ0) is 10.2. The average molecular weight is 189 g/mol. The van der Waals surface area contributed by atoms with Crippen LogP contribution < -0.4 is 0 Å². The summed E-state index contributed by atoms with van der Waals surface area (Å²) in [6, 6.07) is 9.92. The van der Waals surface area contributed by atoms with Crippen molar-refractivity contribution in [3.8, 4) is 6.07 Å². The zero-order valence-corrected chi connectivity index (χ0v) is 8.49. The summed E-state index contributed by atoms with van der Waals surface area (Å²) in [6.07, 6.45) is 1.90. The van der Waals surface area contributed by atoms with E-state index in [-0.39, 0.29) is 0 Å². The second-order valence-electron chi connectivity index (χ2n) is 3.07. The van der Waals surface area contributed by atoms with E-state index in [1.165, 1.54) is 0 Å². The second kappa shape index (κ2) is 6.17. The molecule has 0 spiro atoms. The molecule has 74 valence electrons. The fourth-order valence-electron chi connectivity index (χ4n) is 1.36. The molecule has 1 rings (SSSR count). The van der Waals surface area contributed by atoms with Gasteiger partial charge in [0.05, 0.1) is 11.6 Å². The first kappa shape index (κ1) is 10.7. The van der Waals surface area contributed by atoms with E-state index < -0.39 is 0 Å². The quantitative estimate of drug-likeness (QED) is 0.667. The van der Waals surface area contributed by atoms with E-state index in [0.29, 0.717) is 0 Å². The summed E-state index contributed by atoms with van der Waals surface area (Å²) in [7, 11) is 0. The van der Waals surface area contributed by atoms with Crippen molar-refractivity contribution >= 4 is 0 Å². The number of rotatable bonds is 5. The lowest BCUT2D eigenvalue weighted by Gasteiger charge is -2.03. The van der Waals surface area contributed by atoms with Gasteiger partial charge < -0.3 is 4.74 Å². The third-order valence-electron chi connectivity index (χ3n) is 2.08. The van der Waals surface area contributed by atoms with Gasteiger partial charge in [0.1, 0.15) is 0 Å². The minimum Gasteiger partial charge on any atom is -0.382 e. The first-order valence-electron chi connectivity index (χ1n) is 4.94. The van der Waals surface area contributed by atoms with Crippen LogP contribution in [0.4, 0.5) is 0 Å².